The van der Waals surface area contributed by atoms with Crippen molar-refractivity contribution in [3.8, 4) is 0 Å². The average Bonchev–Trinajstić information content (AvgIpc) is 2.82. The lowest BCUT2D eigenvalue weighted by atomic mass is 10.1. The fraction of sp³-hybridized carbons (Fsp3) is 0.423. The van der Waals surface area contributed by atoms with Gasteiger partial charge in [0.15, 0.2) is 5.17 Å². The molecule has 1 unspecified atom stereocenters. The number of benzene rings is 2. The second kappa shape index (κ2) is 13.1. The molecule has 1 N–H and O–H groups in total. The topological polar surface area (TPSA) is 61.8 Å². The number of thioether (sulfide) groups is 1. The van der Waals surface area contributed by atoms with Gasteiger partial charge < -0.3 is 5.32 Å². The fourth-order valence-corrected chi connectivity index (χ4v) is 4.80. The van der Waals surface area contributed by atoms with Crippen LogP contribution in [0.4, 0.5) is 10.1 Å². The number of halogens is 1. The summed E-state index contributed by atoms with van der Waals surface area (Å²) >= 11 is 1.31. The summed E-state index contributed by atoms with van der Waals surface area (Å²) in [6, 6.07) is 15.8. The Bertz CT molecular complexity index is 934. The molecule has 2 aromatic rings. The van der Waals surface area contributed by atoms with Gasteiger partial charge in [0.1, 0.15) is 5.82 Å². The number of carbonyl (C=O) groups excluding carboxylic acids is 2. The highest BCUT2D eigenvalue weighted by Gasteiger charge is 2.35. The van der Waals surface area contributed by atoms with Gasteiger partial charge in [-0.2, -0.15) is 0 Å². The highest BCUT2D eigenvalue weighted by molar-refractivity contribution is 8.15. The number of aliphatic imine (C=N–C) groups is 1. The maximum absolute atomic E-state index is 13.3. The summed E-state index contributed by atoms with van der Waals surface area (Å²) in [6.07, 6.45) is 6.32. The first-order valence-electron chi connectivity index (χ1n) is 11.7. The zero-order chi connectivity index (χ0) is 23.5. The van der Waals surface area contributed by atoms with E-state index in [-0.39, 0.29) is 24.1 Å². The zero-order valence-corrected chi connectivity index (χ0v) is 20.0. The van der Waals surface area contributed by atoms with E-state index >= 15 is 0 Å². The van der Waals surface area contributed by atoms with Crippen molar-refractivity contribution in [3.05, 3.63) is 66.0 Å². The van der Waals surface area contributed by atoms with Gasteiger partial charge in [0.25, 0.3) is 0 Å². The first-order chi connectivity index (χ1) is 16.1. The lowest BCUT2D eigenvalue weighted by molar-refractivity contribution is -0.130. The molecule has 2 amide bonds. The highest BCUT2D eigenvalue weighted by Crippen LogP contribution is 2.29. The van der Waals surface area contributed by atoms with E-state index < -0.39 is 5.25 Å². The van der Waals surface area contributed by atoms with Crippen LogP contribution in [0.15, 0.2) is 59.6 Å². The van der Waals surface area contributed by atoms with Crippen molar-refractivity contribution in [2.45, 2.75) is 57.1 Å². The summed E-state index contributed by atoms with van der Waals surface area (Å²) in [5.41, 5.74) is 1.71. The Labute approximate surface area is 199 Å². The number of hydrogen-bond donors (Lipinski definition) is 1. The van der Waals surface area contributed by atoms with Crippen molar-refractivity contribution in [1.29, 1.82) is 0 Å². The summed E-state index contributed by atoms with van der Waals surface area (Å²) in [4.78, 5) is 32.1. The van der Waals surface area contributed by atoms with Crippen LogP contribution in [0.25, 0.3) is 0 Å². The van der Waals surface area contributed by atoms with Crippen LogP contribution in [0.3, 0.4) is 0 Å². The minimum atomic E-state index is -0.524. The number of nitrogens with zero attached hydrogens (tertiary/aromatic N) is 2. The highest BCUT2D eigenvalue weighted by atomic mass is 32.2. The molecule has 176 valence electrons. The van der Waals surface area contributed by atoms with Crippen molar-refractivity contribution in [2.24, 2.45) is 4.99 Å². The molecule has 1 fully saturated rings. The van der Waals surface area contributed by atoms with E-state index in [1.807, 2.05) is 30.3 Å². The van der Waals surface area contributed by atoms with Crippen LogP contribution in [0.5, 0.6) is 0 Å². The molecule has 0 spiro atoms. The number of unbranched alkanes of at least 4 members (excludes halogenated alkanes) is 4. The molecule has 1 heterocycles. The van der Waals surface area contributed by atoms with E-state index in [0.717, 1.165) is 37.7 Å². The Morgan fingerprint density at radius 2 is 1.82 bits per heavy atom. The van der Waals surface area contributed by atoms with Gasteiger partial charge in [0, 0.05) is 19.5 Å². The van der Waals surface area contributed by atoms with Gasteiger partial charge in [-0.05, 0) is 42.7 Å². The van der Waals surface area contributed by atoms with Crippen LogP contribution in [-0.2, 0) is 16.0 Å². The molecule has 0 saturated carbocycles. The molecular weight excluding hydrogens is 437 g/mol. The molecule has 1 atom stereocenters. The molecule has 1 saturated heterocycles. The predicted molar refractivity (Wildman–Crippen MR) is 133 cm³/mol. The minimum absolute atomic E-state index is 0.0895. The van der Waals surface area contributed by atoms with Crippen LogP contribution >= 0.6 is 11.8 Å². The van der Waals surface area contributed by atoms with Crippen molar-refractivity contribution in [1.82, 2.24) is 10.2 Å². The smallest absolute Gasteiger partial charge is 0.234 e. The normalized spacial score (nSPS) is 17.4. The summed E-state index contributed by atoms with van der Waals surface area (Å²) in [7, 11) is 0. The predicted octanol–water partition coefficient (Wildman–Crippen LogP) is 5.48. The standard InChI is InChI=1S/C26H32FN3O2S/c1-2-3-4-5-9-18-30-24(31)19-23(25(32)28-17-16-20-10-7-6-8-11-20)33-26(30)29-22-14-12-21(27)13-15-22/h6-8,10-15,23H,2-5,9,16-19H2,1H3,(H,28,32). The summed E-state index contributed by atoms with van der Waals surface area (Å²) < 4.78 is 13.3. The third-order valence-electron chi connectivity index (χ3n) is 5.52. The molecule has 0 bridgehead atoms. The van der Waals surface area contributed by atoms with E-state index in [9.17, 15) is 14.0 Å². The van der Waals surface area contributed by atoms with Gasteiger partial charge in [-0.15, -0.1) is 0 Å². The molecule has 0 aliphatic carbocycles. The van der Waals surface area contributed by atoms with Gasteiger partial charge in [-0.1, -0.05) is 74.7 Å². The minimum Gasteiger partial charge on any atom is -0.355 e. The van der Waals surface area contributed by atoms with Crippen molar-refractivity contribution in [3.63, 3.8) is 0 Å². The maximum Gasteiger partial charge on any atom is 0.234 e. The number of amides is 2. The molecule has 33 heavy (non-hydrogen) atoms. The number of hydrogen-bond acceptors (Lipinski definition) is 4. The van der Waals surface area contributed by atoms with Crippen LogP contribution in [-0.4, -0.2) is 40.2 Å². The lowest BCUT2D eigenvalue weighted by Crippen LogP contribution is -2.47. The van der Waals surface area contributed by atoms with Crippen LogP contribution < -0.4 is 5.32 Å². The first-order valence-corrected chi connectivity index (χ1v) is 12.6. The Hall–Kier alpha value is -2.67. The summed E-state index contributed by atoms with van der Waals surface area (Å²) in [5.74, 6) is -0.582. The second-order valence-electron chi connectivity index (χ2n) is 8.17. The molecule has 5 nitrogen and oxygen atoms in total. The van der Waals surface area contributed by atoms with Crippen LogP contribution in [0.1, 0.15) is 51.0 Å². The van der Waals surface area contributed by atoms with E-state index in [1.165, 1.54) is 30.3 Å². The van der Waals surface area contributed by atoms with Gasteiger partial charge in [0.05, 0.1) is 10.9 Å². The van der Waals surface area contributed by atoms with E-state index in [4.69, 9.17) is 0 Å². The summed E-state index contributed by atoms with van der Waals surface area (Å²) in [6.45, 7) is 3.26. The number of carbonyl (C=O) groups is 2. The first kappa shape index (κ1) is 25.0. The van der Waals surface area contributed by atoms with Gasteiger partial charge in [-0.25, -0.2) is 9.38 Å². The summed E-state index contributed by atoms with van der Waals surface area (Å²) in [5, 5.41) is 2.95. The van der Waals surface area contributed by atoms with Gasteiger partial charge >= 0.3 is 0 Å². The molecule has 1 aliphatic heterocycles. The van der Waals surface area contributed by atoms with E-state index in [0.29, 0.717) is 23.9 Å². The van der Waals surface area contributed by atoms with Crippen molar-refractivity contribution >= 4 is 34.4 Å². The average molecular weight is 470 g/mol. The lowest BCUT2D eigenvalue weighted by Gasteiger charge is -2.32. The third-order valence-corrected chi connectivity index (χ3v) is 6.71. The number of rotatable bonds is 11. The Morgan fingerprint density at radius 3 is 2.55 bits per heavy atom. The molecule has 3 rings (SSSR count). The molecule has 2 aromatic carbocycles. The van der Waals surface area contributed by atoms with Crippen LogP contribution in [0, 0.1) is 5.82 Å². The molecule has 0 aromatic heterocycles. The second-order valence-corrected chi connectivity index (χ2v) is 9.34. The molecule has 0 radical (unpaired) electrons. The SMILES string of the molecule is CCCCCCCN1C(=O)CC(C(=O)NCCc2ccccc2)SC1=Nc1ccc(F)cc1. The molecule has 7 heteroatoms. The van der Waals surface area contributed by atoms with Crippen LogP contribution in [0.2, 0.25) is 0 Å². The van der Waals surface area contributed by atoms with E-state index in [2.05, 4.69) is 17.2 Å². The van der Waals surface area contributed by atoms with Crippen molar-refractivity contribution in [2.75, 3.05) is 13.1 Å². The number of amidine groups is 1. The monoisotopic (exact) mass is 469 g/mol. The Balaban J connectivity index is 1.65. The van der Waals surface area contributed by atoms with E-state index in [1.54, 1.807) is 17.0 Å². The quantitative estimate of drug-likeness (QED) is 0.444. The Kier molecular flexibility index (Phi) is 9.94. The maximum atomic E-state index is 13.3. The van der Waals surface area contributed by atoms with Crippen molar-refractivity contribution < 1.29 is 14.0 Å². The fourth-order valence-electron chi connectivity index (χ4n) is 3.65. The third kappa shape index (κ3) is 8.00. The van der Waals surface area contributed by atoms with Gasteiger partial charge in [0.2, 0.25) is 11.8 Å². The molecule has 1 aliphatic rings. The largest absolute Gasteiger partial charge is 0.355 e. The Morgan fingerprint density at radius 1 is 1.09 bits per heavy atom. The number of nitrogens with one attached hydrogen (secondary N) is 1. The molecular formula is C26H32FN3O2S. The van der Waals surface area contributed by atoms with Gasteiger partial charge in [-0.3, -0.25) is 14.5 Å². The zero-order valence-electron chi connectivity index (χ0n) is 19.1.